The third-order valence-electron chi connectivity index (χ3n) is 5.73. The molecule has 3 rings (SSSR count). The molecule has 104 valence electrons. The molecule has 4 heteroatoms. The SMILES string of the molecule is C[C@@H]1C(=O)O[C@@H]2[C@H]1CC[C@H](C)[C@]1(O)C=CC(=O)[C@@]21C. The molecule has 6 atom stereocenters. The number of allylic oxidation sites excluding steroid dienone is 1. The van der Waals surface area contributed by atoms with E-state index in [1.54, 1.807) is 13.0 Å². The lowest BCUT2D eigenvalue weighted by molar-refractivity contribution is -0.166. The molecule has 0 unspecified atom stereocenters. The lowest BCUT2D eigenvalue weighted by Gasteiger charge is -2.43. The largest absolute Gasteiger partial charge is 0.461 e. The van der Waals surface area contributed by atoms with E-state index in [4.69, 9.17) is 4.74 Å². The van der Waals surface area contributed by atoms with Crippen LogP contribution in [-0.4, -0.2) is 28.6 Å². The van der Waals surface area contributed by atoms with Gasteiger partial charge in [-0.3, -0.25) is 9.59 Å². The summed E-state index contributed by atoms with van der Waals surface area (Å²) < 4.78 is 5.50. The van der Waals surface area contributed by atoms with Gasteiger partial charge >= 0.3 is 5.97 Å². The van der Waals surface area contributed by atoms with Crippen LogP contribution in [0.4, 0.5) is 0 Å². The second kappa shape index (κ2) is 3.69. The number of hydrogen-bond acceptors (Lipinski definition) is 4. The van der Waals surface area contributed by atoms with Crippen molar-refractivity contribution >= 4 is 11.8 Å². The van der Waals surface area contributed by atoms with Crippen LogP contribution < -0.4 is 0 Å². The van der Waals surface area contributed by atoms with Crippen molar-refractivity contribution in [1.29, 1.82) is 0 Å². The van der Waals surface area contributed by atoms with Gasteiger partial charge in [0.15, 0.2) is 5.78 Å². The van der Waals surface area contributed by atoms with E-state index in [0.717, 1.165) is 12.8 Å². The zero-order valence-corrected chi connectivity index (χ0v) is 11.6. The number of carbonyl (C=O) groups is 2. The predicted molar refractivity (Wildman–Crippen MR) is 68.1 cm³/mol. The zero-order valence-electron chi connectivity index (χ0n) is 11.6. The molecule has 1 aliphatic heterocycles. The van der Waals surface area contributed by atoms with Gasteiger partial charge in [-0.15, -0.1) is 0 Å². The molecule has 19 heavy (non-hydrogen) atoms. The van der Waals surface area contributed by atoms with Gasteiger partial charge in [0.05, 0.1) is 11.3 Å². The lowest BCUT2D eigenvalue weighted by atomic mass is 9.64. The first-order valence-electron chi connectivity index (χ1n) is 6.99. The molecule has 0 spiro atoms. The highest BCUT2D eigenvalue weighted by Crippen LogP contribution is 2.56. The maximum Gasteiger partial charge on any atom is 0.309 e. The van der Waals surface area contributed by atoms with Gasteiger partial charge in [0.1, 0.15) is 11.7 Å². The van der Waals surface area contributed by atoms with E-state index in [-0.39, 0.29) is 29.5 Å². The van der Waals surface area contributed by atoms with Crippen LogP contribution in [0.3, 0.4) is 0 Å². The Morgan fingerprint density at radius 1 is 1.32 bits per heavy atom. The normalized spacial score (nSPS) is 52.6. The number of esters is 1. The first-order valence-corrected chi connectivity index (χ1v) is 6.99. The third-order valence-corrected chi connectivity index (χ3v) is 5.73. The van der Waals surface area contributed by atoms with Crippen LogP contribution in [0.1, 0.15) is 33.6 Å². The van der Waals surface area contributed by atoms with E-state index in [2.05, 4.69) is 0 Å². The fourth-order valence-corrected chi connectivity index (χ4v) is 4.16. The third kappa shape index (κ3) is 1.33. The summed E-state index contributed by atoms with van der Waals surface area (Å²) in [6.45, 7) is 5.58. The van der Waals surface area contributed by atoms with Gasteiger partial charge in [-0.25, -0.2) is 0 Å². The molecule has 4 nitrogen and oxygen atoms in total. The van der Waals surface area contributed by atoms with Crippen LogP contribution in [0.25, 0.3) is 0 Å². The van der Waals surface area contributed by atoms with Crippen LogP contribution in [0.5, 0.6) is 0 Å². The Morgan fingerprint density at radius 2 is 2.00 bits per heavy atom. The molecule has 0 aromatic rings. The number of fused-ring (bicyclic) bond motifs is 3. The molecule has 3 aliphatic rings. The molecule has 1 saturated carbocycles. The summed E-state index contributed by atoms with van der Waals surface area (Å²) in [4.78, 5) is 24.2. The van der Waals surface area contributed by atoms with Crippen LogP contribution in [0.2, 0.25) is 0 Å². The van der Waals surface area contributed by atoms with E-state index in [1.807, 2.05) is 13.8 Å². The molecule has 1 N–H and O–H groups in total. The Hall–Kier alpha value is -1.16. The molecule has 0 radical (unpaired) electrons. The van der Waals surface area contributed by atoms with Crippen molar-refractivity contribution in [3.8, 4) is 0 Å². The Labute approximate surface area is 112 Å². The van der Waals surface area contributed by atoms with E-state index in [9.17, 15) is 14.7 Å². The second-order valence-corrected chi connectivity index (χ2v) is 6.51. The molecule has 0 aromatic carbocycles. The Kier molecular flexibility index (Phi) is 2.50. The fraction of sp³-hybridized carbons (Fsp3) is 0.733. The van der Waals surface area contributed by atoms with Gasteiger partial charge in [-0.1, -0.05) is 13.8 Å². The van der Waals surface area contributed by atoms with Gasteiger partial charge in [-0.2, -0.15) is 0 Å². The summed E-state index contributed by atoms with van der Waals surface area (Å²) >= 11 is 0. The molecule has 0 amide bonds. The van der Waals surface area contributed by atoms with Gasteiger partial charge in [0.25, 0.3) is 0 Å². The number of ketones is 1. The van der Waals surface area contributed by atoms with Gasteiger partial charge in [0.2, 0.25) is 0 Å². The highest BCUT2D eigenvalue weighted by Gasteiger charge is 2.67. The van der Waals surface area contributed by atoms with Crippen LogP contribution >= 0.6 is 0 Å². The summed E-state index contributed by atoms with van der Waals surface area (Å²) in [5.41, 5.74) is -2.23. The Morgan fingerprint density at radius 3 is 2.68 bits per heavy atom. The van der Waals surface area contributed by atoms with Crippen molar-refractivity contribution in [2.24, 2.45) is 23.2 Å². The quantitative estimate of drug-likeness (QED) is 0.673. The monoisotopic (exact) mass is 264 g/mol. The van der Waals surface area contributed by atoms with Crippen LogP contribution in [0.15, 0.2) is 12.2 Å². The zero-order chi connectivity index (χ0) is 14.0. The van der Waals surface area contributed by atoms with Crippen molar-refractivity contribution in [1.82, 2.24) is 0 Å². The minimum absolute atomic E-state index is 0.0169. The van der Waals surface area contributed by atoms with E-state index < -0.39 is 17.1 Å². The molecule has 2 fully saturated rings. The summed E-state index contributed by atoms with van der Waals surface area (Å²) in [6, 6.07) is 0. The average Bonchev–Trinajstić information content (AvgIpc) is 2.76. The second-order valence-electron chi connectivity index (χ2n) is 6.51. The fourth-order valence-electron chi connectivity index (χ4n) is 4.16. The van der Waals surface area contributed by atoms with Crippen LogP contribution in [-0.2, 0) is 14.3 Å². The molecular weight excluding hydrogens is 244 g/mol. The maximum absolute atomic E-state index is 12.4. The van der Waals surface area contributed by atoms with Gasteiger partial charge in [-0.05, 0) is 37.8 Å². The molecule has 0 aromatic heterocycles. The number of ether oxygens (including phenoxy) is 1. The lowest BCUT2D eigenvalue weighted by Crippen LogP contribution is -2.56. The van der Waals surface area contributed by atoms with Gasteiger partial charge in [0, 0.05) is 5.92 Å². The van der Waals surface area contributed by atoms with Crippen molar-refractivity contribution in [3.63, 3.8) is 0 Å². The summed E-state index contributed by atoms with van der Waals surface area (Å²) in [5, 5.41) is 11.0. The molecule has 1 saturated heterocycles. The Bertz CT molecular complexity index is 483. The number of carbonyl (C=O) groups excluding carboxylic acids is 2. The van der Waals surface area contributed by atoms with Crippen molar-refractivity contribution < 1.29 is 19.4 Å². The van der Waals surface area contributed by atoms with E-state index in [1.165, 1.54) is 6.08 Å². The van der Waals surface area contributed by atoms with Crippen molar-refractivity contribution in [3.05, 3.63) is 12.2 Å². The molecule has 2 aliphatic carbocycles. The van der Waals surface area contributed by atoms with Crippen molar-refractivity contribution in [2.75, 3.05) is 0 Å². The predicted octanol–water partition coefficient (Wildman–Crippen LogP) is 1.47. The summed E-state index contributed by atoms with van der Waals surface area (Å²) in [6.07, 6.45) is 4.17. The number of rotatable bonds is 0. The highest BCUT2D eigenvalue weighted by atomic mass is 16.6. The minimum atomic E-state index is -1.20. The van der Waals surface area contributed by atoms with E-state index in [0.29, 0.717) is 0 Å². The maximum atomic E-state index is 12.4. The van der Waals surface area contributed by atoms with Crippen LogP contribution in [0, 0.1) is 23.2 Å². The highest BCUT2D eigenvalue weighted by molar-refractivity contribution is 6.00. The first-order chi connectivity index (χ1) is 8.82. The molecule has 1 heterocycles. The smallest absolute Gasteiger partial charge is 0.309 e. The number of hydrogen-bond donors (Lipinski definition) is 1. The topological polar surface area (TPSA) is 63.6 Å². The molecular formula is C15H20O4. The summed E-state index contributed by atoms with van der Waals surface area (Å²) in [5.74, 6) is -0.548. The first kappa shape index (κ1) is 12.9. The Balaban J connectivity index is 2.13. The summed E-state index contributed by atoms with van der Waals surface area (Å²) in [7, 11) is 0. The standard InChI is InChI=1S/C15H20O4/c1-8-4-5-10-9(2)13(17)19-12(10)14(3)11(16)6-7-15(8,14)18/h6-10,12,18H,4-5H2,1-3H3/t8-,9-,10-,12+,14-,15+/m0/s1. The van der Waals surface area contributed by atoms with Gasteiger partial charge < -0.3 is 9.84 Å². The number of aliphatic hydroxyl groups is 1. The average molecular weight is 264 g/mol. The van der Waals surface area contributed by atoms with Crippen molar-refractivity contribution in [2.45, 2.75) is 45.3 Å². The van der Waals surface area contributed by atoms with E-state index >= 15 is 0 Å². The molecule has 0 bridgehead atoms. The minimum Gasteiger partial charge on any atom is -0.461 e.